The van der Waals surface area contributed by atoms with E-state index >= 15 is 0 Å². The van der Waals surface area contributed by atoms with E-state index in [1.807, 2.05) is 23.1 Å². The first-order valence-corrected chi connectivity index (χ1v) is 10.4. The molecule has 1 fully saturated rings. The number of carbonyl (C=O) groups is 2. The summed E-state index contributed by atoms with van der Waals surface area (Å²) < 4.78 is 0. The molecule has 2 N–H and O–H groups in total. The van der Waals surface area contributed by atoms with E-state index in [4.69, 9.17) is 0 Å². The molecule has 6 heteroatoms. The lowest BCUT2D eigenvalue weighted by molar-refractivity contribution is -0.133. The van der Waals surface area contributed by atoms with Crippen molar-refractivity contribution >= 4 is 12.0 Å². The summed E-state index contributed by atoms with van der Waals surface area (Å²) in [5.74, 6) is 0.871. The molecule has 0 unspecified atom stereocenters. The maximum atomic E-state index is 13.3. The van der Waals surface area contributed by atoms with E-state index in [0.717, 1.165) is 19.3 Å². The van der Waals surface area contributed by atoms with Gasteiger partial charge in [-0.3, -0.25) is 15.0 Å². The van der Waals surface area contributed by atoms with Crippen LogP contribution >= 0.6 is 0 Å². The first-order valence-electron chi connectivity index (χ1n) is 10.4. The summed E-state index contributed by atoms with van der Waals surface area (Å²) in [6.07, 6.45) is 1.88. The van der Waals surface area contributed by atoms with E-state index in [1.54, 1.807) is 7.05 Å². The highest BCUT2D eigenvalue weighted by Crippen LogP contribution is 2.23. The van der Waals surface area contributed by atoms with Crippen LogP contribution in [0, 0.1) is 5.92 Å². The van der Waals surface area contributed by atoms with Crippen molar-refractivity contribution in [2.24, 2.45) is 5.92 Å². The van der Waals surface area contributed by atoms with Crippen LogP contribution in [0.1, 0.15) is 57.9 Å². The van der Waals surface area contributed by atoms with Crippen LogP contribution in [-0.2, 0) is 4.79 Å². The number of hydrogen-bond donors (Lipinski definition) is 2. The monoisotopic (exact) mass is 389 g/mol. The van der Waals surface area contributed by atoms with E-state index in [1.165, 1.54) is 10.5 Å². The van der Waals surface area contributed by atoms with Crippen molar-refractivity contribution in [1.29, 1.82) is 0 Å². The van der Waals surface area contributed by atoms with E-state index in [9.17, 15) is 14.7 Å². The number of rotatable bonds is 8. The predicted octanol–water partition coefficient (Wildman–Crippen LogP) is 3.74. The Labute approximate surface area is 168 Å². The molecule has 0 radical (unpaired) electrons. The molecule has 3 atom stereocenters. The van der Waals surface area contributed by atoms with Crippen molar-refractivity contribution in [3.63, 3.8) is 0 Å². The highest BCUT2D eigenvalue weighted by Gasteiger charge is 2.34. The molecule has 0 spiro atoms. The van der Waals surface area contributed by atoms with Gasteiger partial charge in [0.05, 0.1) is 12.2 Å². The first kappa shape index (κ1) is 22.2. The van der Waals surface area contributed by atoms with E-state index < -0.39 is 6.09 Å². The molecule has 2 rings (SSSR count). The minimum atomic E-state index is -0.975. The molecule has 1 heterocycles. The first-order chi connectivity index (χ1) is 13.3. The third-order valence-electron chi connectivity index (χ3n) is 5.68. The molecule has 156 valence electrons. The number of nitrogens with one attached hydrogen (secondary N) is 1. The molecule has 0 bridgehead atoms. The van der Waals surface area contributed by atoms with E-state index in [-0.39, 0.29) is 24.0 Å². The van der Waals surface area contributed by atoms with Gasteiger partial charge in [-0.1, -0.05) is 51.1 Å². The third-order valence-corrected chi connectivity index (χ3v) is 5.68. The minimum absolute atomic E-state index is 0.0938. The Morgan fingerprint density at radius 3 is 2.57 bits per heavy atom. The Balaban J connectivity index is 2.18. The average Bonchev–Trinajstić information content (AvgIpc) is 2.83. The topological polar surface area (TPSA) is 72.9 Å². The van der Waals surface area contributed by atoms with Gasteiger partial charge >= 0.3 is 6.09 Å². The zero-order chi connectivity index (χ0) is 20.7. The van der Waals surface area contributed by atoms with Gasteiger partial charge in [-0.2, -0.15) is 0 Å². The number of benzene rings is 1. The summed E-state index contributed by atoms with van der Waals surface area (Å²) in [5.41, 5.74) is 1.24. The Hall–Kier alpha value is -2.08. The van der Waals surface area contributed by atoms with Crippen molar-refractivity contribution in [1.82, 2.24) is 15.1 Å². The maximum absolute atomic E-state index is 13.3. The van der Waals surface area contributed by atoms with Crippen LogP contribution in [-0.4, -0.2) is 59.3 Å². The molecular weight excluding hydrogens is 354 g/mol. The fourth-order valence-electron chi connectivity index (χ4n) is 3.78. The van der Waals surface area contributed by atoms with Crippen LogP contribution in [0.25, 0.3) is 0 Å². The van der Waals surface area contributed by atoms with Crippen LogP contribution in [0.3, 0.4) is 0 Å². The molecule has 2 amide bonds. The Kier molecular flexibility index (Phi) is 8.30. The van der Waals surface area contributed by atoms with Crippen LogP contribution in [0.15, 0.2) is 30.3 Å². The Morgan fingerprint density at radius 1 is 1.32 bits per heavy atom. The normalized spacial score (nSPS) is 21.5. The quantitative estimate of drug-likeness (QED) is 0.710. The van der Waals surface area contributed by atoms with Crippen molar-refractivity contribution in [3.05, 3.63) is 35.9 Å². The molecule has 1 aromatic rings. The third kappa shape index (κ3) is 5.96. The fraction of sp³-hybridized carbons (Fsp3) is 0.636. The van der Waals surface area contributed by atoms with Crippen molar-refractivity contribution < 1.29 is 14.7 Å². The van der Waals surface area contributed by atoms with Crippen molar-refractivity contribution in [2.75, 3.05) is 20.1 Å². The summed E-state index contributed by atoms with van der Waals surface area (Å²) in [5, 5.41) is 12.7. The highest BCUT2D eigenvalue weighted by atomic mass is 16.4. The molecule has 6 nitrogen and oxygen atoms in total. The minimum Gasteiger partial charge on any atom is -0.465 e. The van der Waals surface area contributed by atoms with Gasteiger partial charge in [-0.15, -0.1) is 0 Å². The van der Waals surface area contributed by atoms with Crippen LogP contribution < -0.4 is 5.32 Å². The van der Waals surface area contributed by atoms with E-state index in [2.05, 4.69) is 38.2 Å². The molecule has 1 saturated heterocycles. The SMILES string of the molecule is CC[C@H](CN1CC[C@H](N(C)C(=O)O)N[C@@H](CCC(C)C)C1=O)c1ccccc1. The summed E-state index contributed by atoms with van der Waals surface area (Å²) in [4.78, 5) is 27.9. The molecule has 0 aromatic heterocycles. The number of hydrogen-bond acceptors (Lipinski definition) is 3. The molecule has 1 aromatic carbocycles. The Morgan fingerprint density at radius 2 is 2.00 bits per heavy atom. The van der Waals surface area contributed by atoms with Crippen LogP contribution in [0.5, 0.6) is 0 Å². The van der Waals surface area contributed by atoms with Crippen molar-refractivity contribution in [3.8, 4) is 0 Å². The lowest BCUT2D eigenvalue weighted by Gasteiger charge is -2.29. The second-order valence-electron chi connectivity index (χ2n) is 8.19. The lowest BCUT2D eigenvalue weighted by Crippen LogP contribution is -2.52. The fourth-order valence-corrected chi connectivity index (χ4v) is 3.78. The molecule has 28 heavy (non-hydrogen) atoms. The Bertz CT molecular complexity index is 635. The van der Waals surface area contributed by atoms with Gasteiger partial charge in [0.15, 0.2) is 0 Å². The predicted molar refractivity (Wildman–Crippen MR) is 111 cm³/mol. The summed E-state index contributed by atoms with van der Waals surface area (Å²) in [7, 11) is 1.57. The second-order valence-corrected chi connectivity index (χ2v) is 8.19. The zero-order valence-electron chi connectivity index (χ0n) is 17.6. The smallest absolute Gasteiger partial charge is 0.408 e. The molecule has 0 saturated carbocycles. The number of carboxylic acid groups (broad SMARTS) is 1. The molecule has 0 aliphatic carbocycles. The van der Waals surface area contributed by atoms with Gasteiger partial charge in [-0.25, -0.2) is 4.79 Å². The van der Waals surface area contributed by atoms with E-state index in [0.29, 0.717) is 25.4 Å². The number of amides is 2. The summed E-state index contributed by atoms with van der Waals surface area (Å²) in [6, 6.07) is 9.97. The maximum Gasteiger partial charge on any atom is 0.408 e. The molecule has 1 aliphatic heterocycles. The average molecular weight is 390 g/mol. The van der Waals surface area contributed by atoms with Gasteiger partial charge in [0.2, 0.25) is 5.91 Å². The van der Waals surface area contributed by atoms with Gasteiger partial charge < -0.3 is 10.0 Å². The van der Waals surface area contributed by atoms with Gasteiger partial charge in [0.1, 0.15) is 0 Å². The standard InChI is InChI=1S/C22H35N3O3/c1-5-17(18-9-7-6-8-10-18)15-25-14-13-20(24(4)22(27)28)23-19(21(25)26)12-11-16(2)3/h6-10,16-17,19-20,23H,5,11-15H2,1-4H3,(H,27,28)/t17-,19+,20+/m1/s1. The molecular formula is C22H35N3O3. The van der Waals surface area contributed by atoms with Crippen molar-refractivity contribution in [2.45, 2.75) is 64.6 Å². The summed E-state index contributed by atoms with van der Waals surface area (Å²) >= 11 is 0. The zero-order valence-corrected chi connectivity index (χ0v) is 17.6. The number of carbonyl (C=O) groups excluding carboxylic acids is 1. The second kappa shape index (κ2) is 10.5. The van der Waals surface area contributed by atoms with Crippen LogP contribution in [0.4, 0.5) is 4.79 Å². The highest BCUT2D eigenvalue weighted by molar-refractivity contribution is 5.82. The van der Waals surface area contributed by atoms with Crippen LogP contribution in [0.2, 0.25) is 0 Å². The lowest BCUT2D eigenvalue weighted by atomic mass is 9.95. The molecule has 1 aliphatic rings. The van der Waals surface area contributed by atoms with Gasteiger partial charge in [-0.05, 0) is 37.2 Å². The van der Waals surface area contributed by atoms with Gasteiger partial charge in [0.25, 0.3) is 0 Å². The number of nitrogens with zero attached hydrogens (tertiary/aromatic N) is 2. The summed E-state index contributed by atoms with van der Waals surface area (Å²) in [6.45, 7) is 7.67. The largest absolute Gasteiger partial charge is 0.465 e. The van der Waals surface area contributed by atoms with Gasteiger partial charge in [0, 0.05) is 26.1 Å².